The Labute approximate surface area is 165 Å². The van der Waals surface area contributed by atoms with Crippen molar-refractivity contribution in [3.63, 3.8) is 0 Å². The van der Waals surface area contributed by atoms with E-state index < -0.39 is 11.4 Å². The van der Waals surface area contributed by atoms with Gasteiger partial charge < -0.3 is 14.6 Å². The number of aryl methyl sites for hydroxylation is 1. The second-order valence-electron chi connectivity index (χ2n) is 6.07. The molecule has 0 spiro atoms. The van der Waals surface area contributed by atoms with Crippen LogP contribution >= 0.6 is 11.6 Å². The third-order valence-electron chi connectivity index (χ3n) is 4.02. The number of aromatic nitrogens is 2. The molecule has 3 rings (SSSR count). The maximum Gasteiger partial charge on any atom is 0.343 e. The van der Waals surface area contributed by atoms with Crippen LogP contribution in [0, 0.1) is 6.92 Å². The van der Waals surface area contributed by atoms with E-state index in [-0.39, 0.29) is 30.0 Å². The first-order chi connectivity index (χ1) is 13.4. The van der Waals surface area contributed by atoms with Crippen molar-refractivity contribution in [2.75, 3.05) is 11.9 Å². The molecule has 0 aliphatic heterocycles. The first-order valence-electron chi connectivity index (χ1n) is 8.63. The van der Waals surface area contributed by atoms with Gasteiger partial charge in [0, 0.05) is 11.9 Å². The Bertz CT molecular complexity index is 1120. The fraction of sp³-hybridized carbons (Fsp3) is 0.200. The third kappa shape index (κ3) is 4.04. The number of hydrogen-bond donors (Lipinski definition) is 1. The van der Waals surface area contributed by atoms with Crippen LogP contribution in [0.25, 0.3) is 11.0 Å². The number of rotatable bonds is 5. The van der Waals surface area contributed by atoms with E-state index in [1.54, 1.807) is 50.2 Å². The molecule has 7 nitrogen and oxygen atoms in total. The summed E-state index contributed by atoms with van der Waals surface area (Å²) >= 11 is 6.07. The minimum atomic E-state index is -0.741. The molecule has 28 heavy (non-hydrogen) atoms. The number of carbonyl (C=O) groups excluding carboxylic acids is 2. The molecule has 1 N–H and O–H groups in total. The van der Waals surface area contributed by atoms with Crippen LogP contribution in [-0.4, -0.2) is 28.0 Å². The smallest absolute Gasteiger partial charge is 0.343 e. The molecular weight excluding hydrogens is 382 g/mol. The van der Waals surface area contributed by atoms with Crippen LogP contribution in [0.3, 0.4) is 0 Å². The number of halogens is 1. The van der Waals surface area contributed by atoms with Gasteiger partial charge in [-0.2, -0.15) is 0 Å². The number of esters is 1. The molecule has 144 valence electrons. The lowest BCUT2D eigenvalue weighted by Crippen LogP contribution is -2.25. The van der Waals surface area contributed by atoms with E-state index in [2.05, 4.69) is 10.3 Å². The highest BCUT2D eigenvalue weighted by Gasteiger charge is 2.18. The number of nitrogens with zero attached hydrogens (tertiary/aromatic N) is 2. The maximum atomic E-state index is 12.7. The molecule has 0 bridgehead atoms. The van der Waals surface area contributed by atoms with E-state index in [4.69, 9.17) is 16.3 Å². The molecule has 2 aromatic heterocycles. The van der Waals surface area contributed by atoms with Gasteiger partial charge in [-0.15, -0.1) is 0 Å². The number of carbonyl (C=O) groups is 2. The monoisotopic (exact) mass is 399 g/mol. The van der Waals surface area contributed by atoms with Gasteiger partial charge in [-0.05, 0) is 38.1 Å². The Hall–Kier alpha value is -3.19. The van der Waals surface area contributed by atoms with Crippen LogP contribution in [0.4, 0.5) is 5.69 Å². The maximum absolute atomic E-state index is 12.7. The Morgan fingerprint density at radius 2 is 1.96 bits per heavy atom. The number of amides is 1. The molecule has 1 amide bonds. The summed E-state index contributed by atoms with van der Waals surface area (Å²) in [6.45, 7) is 3.40. The molecule has 0 saturated carbocycles. The van der Waals surface area contributed by atoms with Gasteiger partial charge in [-0.25, -0.2) is 9.78 Å². The molecule has 0 saturated heterocycles. The normalized spacial score (nSPS) is 10.7. The number of para-hydroxylation sites is 1. The Morgan fingerprint density at radius 1 is 1.21 bits per heavy atom. The van der Waals surface area contributed by atoms with Crippen molar-refractivity contribution in [2.24, 2.45) is 0 Å². The van der Waals surface area contributed by atoms with E-state index in [1.807, 2.05) is 0 Å². The van der Waals surface area contributed by atoms with E-state index >= 15 is 0 Å². The van der Waals surface area contributed by atoms with E-state index in [0.717, 1.165) is 0 Å². The Balaban J connectivity index is 2.03. The fourth-order valence-electron chi connectivity index (χ4n) is 2.74. The zero-order valence-electron chi connectivity index (χ0n) is 15.4. The summed E-state index contributed by atoms with van der Waals surface area (Å²) in [4.78, 5) is 41.7. The molecule has 2 heterocycles. The molecule has 0 radical (unpaired) electrons. The van der Waals surface area contributed by atoms with Gasteiger partial charge in [0.25, 0.3) is 0 Å². The van der Waals surface area contributed by atoms with Gasteiger partial charge in [0.15, 0.2) is 0 Å². The van der Waals surface area contributed by atoms with Crippen LogP contribution in [0.5, 0.6) is 0 Å². The van der Waals surface area contributed by atoms with Crippen molar-refractivity contribution < 1.29 is 14.3 Å². The van der Waals surface area contributed by atoms with Crippen molar-refractivity contribution in [1.82, 2.24) is 9.55 Å². The van der Waals surface area contributed by atoms with Crippen molar-refractivity contribution in [1.29, 1.82) is 0 Å². The lowest BCUT2D eigenvalue weighted by Gasteiger charge is -2.13. The summed E-state index contributed by atoms with van der Waals surface area (Å²) in [5.74, 6) is -1.12. The number of nitrogens with one attached hydrogen (secondary N) is 1. The number of fused-ring (bicyclic) bond motifs is 1. The number of anilines is 1. The summed E-state index contributed by atoms with van der Waals surface area (Å²) in [5, 5.41) is 3.35. The second kappa shape index (κ2) is 8.22. The number of benzene rings is 1. The van der Waals surface area contributed by atoms with Gasteiger partial charge >= 0.3 is 5.97 Å². The van der Waals surface area contributed by atoms with Crippen molar-refractivity contribution in [2.45, 2.75) is 20.4 Å². The van der Waals surface area contributed by atoms with E-state index in [1.165, 1.54) is 10.8 Å². The van der Waals surface area contributed by atoms with Crippen molar-refractivity contribution in [3.05, 3.63) is 69.1 Å². The van der Waals surface area contributed by atoms with E-state index in [9.17, 15) is 14.4 Å². The largest absolute Gasteiger partial charge is 0.462 e. The van der Waals surface area contributed by atoms with Gasteiger partial charge in [0.05, 0.1) is 22.7 Å². The fourth-order valence-corrected chi connectivity index (χ4v) is 2.92. The SMILES string of the molecule is CCOC(=O)c1cn(CC(=O)Nc2ccccc2Cl)c2nc(C)ccc2c1=O. The standard InChI is InChI=1S/C20H18ClN3O4/c1-3-28-20(27)14-10-24(19-13(18(14)26)9-8-12(2)22-19)11-17(25)23-16-7-5-4-6-15(16)21/h4-10H,3,11H2,1-2H3,(H,23,25). The number of pyridine rings is 2. The molecule has 1 aromatic carbocycles. The second-order valence-corrected chi connectivity index (χ2v) is 6.48. The topological polar surface area (TPSA) is 90.3 Å². The first-order valence-corrected chi connectivity index (χ1v) is 9.00. The van der Waals surface area contributed by atoms with Crippen LogP contribution < -0.4 is 10.7 Å². The highest BCUT2D eigenvalue weighted by Crippen LogP contribution is 2.20. The molecule has 0 aliphatic rings. The summed E-state index contributed by atoms with van der Waals surface area (Å²) in [6, 6.07) is 10.1. The molecular formula is C20H18ClN3O4. The van der Waals surface area contributed by atoms with Gasteiger partial charge in [-0.1, -0.05) is 23.7 Å². The molecule has 0 fully saturated rings. The summed E-state index contributed by atoms with van der Waals surface area (Å²) in [6.07, 6.45) is 1.31. The third-order valence-corrected chi connectivity index (χ3v) is 4.35. The predicted molar refractivity (Wildman–Crippen MR) is 107 cm³/mol. The van der Waals surface area contributed by atoms with Crippen LogP contribution in [0.1, 0.15) is 23.0 Å². The highest BCUT2D eigenvalue weighted by molar-refractivity contribution is 6.33. The number of ether oxygens (including phenoxy) is 1. The summed E-state index contributed by atoms with van der Waals surface area (Å²) in [5.41, 5.74) is 0.826. The number of hydrogen-bond acceptors (Lipinski definition) is 5. The molecule has 3 aromatic rings. The van der Waals surface area contributed by atoms with Crippen molar-refractivity contribution >= 4 is 40.2 Å². The Kier molecular flexibility index (Phi) is 5.75. The van der Waals surface area contributed by atoms with E-state index in [0.29, 0.717) is 22.1 Å². The quantitative estimate of drug-likeness (QED) is 0.665. The lowest BCUT2D eigenvalue weighted by molar-refractivity contribution is -0.116. The van der Waals surface area contributed by atoms with Gasteiger partial charge in [0.2, 0.25) is 11.3 Å². The van der Waals surface area contributed by atoms with Crippen LogP contribution in [-0.2, 0) is 16.1 Å². The zero-order chi connectivity index (χ0) is 20.3. The molecule has 8 heteroatoms. The summed E-state index contributed by atoms with van der Waals surface area (Å²) in [7, 11) is 0. The average Bonchev–Trinajstić information content (AvgIpc) is 2.66. The highest BCUT2D eigenvalue weighted by atomic mass is 35.5. The molecule has 0 unspecified atom stereocenters. The first kappa shape index (κ1) is 19.6. The lowest BCUT2D eigenvalue weighted by atomic mass is 10.2. The Morgan fingerprint density at radius 3 is 2.68 bits per heavy atom. The van der Waals surface area contributed by atoms with Crippen LogP contribution in [0.15, 0.2) is 47.4 Å². The minimum Gasteiger partial charge on any atom is -0.462 e. The van der Waals surface area contributed by atoms with Gasteiger partial charge in [-0.3, -0.25) is 9.59 Å². The van der Waals surface area contributed by atoms with Gasteiger partial charge in [0.1, 0.15) is 17.8 Å². The van der Waals surface area contributed by atoms with Crippen LogP contribution in [0.2, 0.25) is 5.02 Å². The minimum absolute atomic E-state index is 0.134. The average molecular weight is 400 g/mol. The summed E-state index contributed by atoms with van der Waals surface area (Å²) < 4.78 is 6.42. The zero-order valence-corrected chi connectivity index (χ0v) is 16.1. The van der Waals surface area contributed by atoms with Crippen molar-refractivity contribution in [3.8, 4) is 0 Å². The molecule has 0 atom stereocenters. The molecule has 0 aliphatic carbocycles. The predicted octanol–water partition coefficient (Wildman–Crippen LogP) is 3.17.